The third-order valence-electron chi connectivity index (χ3n) is 11.2. The molecule has 170 valence electrons. The summed E-state index contributed by atoms with van der Waals surface area (Å²) in [4.78, 5) is 14.9. The maximum Gasteiger partial charge on any atom is 0.222 e. The van der Waals surface area contributed by atoms with E-state index in [1.54, 1.807) is 0 Å². The van der Waals surface area contributed by atoms with Crippen LogP contribution in [0.5, 0.6) is 0 Å². The number of rotatable bonds is 2. The zero-order chi connectivity index (χ0) is 21.3. The second-order valence-electron chi connectivity index (χ2n) is 13.1. The number of carbonyl (C=O) groups is 1. The summed E-state index contributed by atoms with van der Waals surface area (Å²) >= 11 is 0. The molecule has 1 aliphatic heterocycles. The Hall–Kier alpha value is -0.570. The van der Waals surface area contributed by atoms with Crippen molar-refractivity contribution in [1.82, 2.24) is 4.90 Å². The first kappa shape index (κ1) is 21.3. The maximum absolute atomic E-state index is 12.6. The number of hydrogen-bond donors (Lipinski definition) is 1. The number of aliphatic hydroxyl groups is 1. The van der Waals surface area contributed by atoms with E-state index in [0.717, 1.165) is 55.9 Å². The summed E-state index contributed by atoms with van der Waals surface area (Å²) in [6, 6.07) is 0.440. The summed E-state index contributed by atoms with van der Waals surface area (Å²) in [5.41, 5.74) is 0.341. The number of likely N-dealkylation sites (tertiary alicyclic amines) is 1. The van der Waals surface area contributed by atoms with Crippen molar-refractivity contribution in [3.63, 3.8) is 0 Å². The first-order valence-corrected chi connectivity index (χ1v) is 13.1. The number of fused-ring (bicyclic) bond motifs is 5. The van der Waals surface area contributed by atoms with E-state index in [-0.39, 0.29) is 0 Å². The highest BCUT2D eigenvalue weighted by molar-refractivity contribution is 5.77. The molecule has 5 fully saturated rings. The molecule has 1 N–H and O–H groups in total. The molecule has 3 nitrogen and oxygen atoms in total. The number of hydrogen-bond acceptors (Lipinski definition) is 2. The molecule has 0 radical (unpaired) electrons. The van der Waals surface area contributed by atoms with Gasteiger partial charge in [-0.3, -0.25) is 4.79 Å². The van der Waals surface area contributed by atoms with Gasteiger partial charge in [0.15, 0.2) is 0 Å². The fraction of sp³-hybridized carbons (Fsp3) is 0.963. The Morgan fingerprint density at radius 2 is 1.67 bits per heavy atom. The topological polar surface area (TPSA) is 40.5 Å². The van der Waals surface area contributed by atoms with Crippen molar-refractivity contribution in [2.24, 2.45) is 40.4 Å². The summed E-state index contributed by atoms with van der Waals surface area (Å²) in [6.45, 7) is 10.5. The van der Waals surface area contributed by atoms with Gasteiger partial charge >= 0.3 is 0 Å². The largest absolute Gasteiger partial charge is 0.390 e. The lowest BCUT2D eigenvalue weighted by Crippen LogP contribution is -2.55. The van der Waals surface area contributed by atoms with Crippen LogP contribution < -0.4 is 0 Å². The van der Waals surface area contributed by atoms with Crippen LogP contribution in [0.1, 0.15) is 105 Å². The highest BCUT2D eigenvalue weighted by Gasteiger charge is 2.60. The Kier molecular flexibility index (Phi) is 5.12. The molecule has 4 saturated carbocycles. The van der Waals surface area contributed by atoms with E-state index in [1.165, 1.54) is 51.4 Å². The van der Waals surface area contributed by atoms with Crippen LogP contribution in [0.3, 0.4) is 0 Å². The summed E-state index contributed by atoms with van der Waals surface area (Å²) in [5.74, 6) is 4.58. The van der Waals surface area contributed by atoms with Crippen molar-refractivity contribution in [2.75, 3.05) is 6.54 Å². The summed E-state index contributed by atoms with van der Waals surface area (Å²) in [7, 11) is 0. The molecular weight excluding hydrogens is 370 g/mol. The molecule has 0 unspecified atom stereocenters. The fourth-order valence-corrected chi connectivity index (χ4v) is 9.66. The van der Waals surface area contributed by atoms with Crippen molar-refractivity contribution < 1.29 is 9.90 Å². The van der Waals surface area contributed by atoms with Crippen molar-refractivity contribution in [2.45, 2.75) is 116 Å². The third-order valence-corrected chi connectivity index (χ3v) is 11.2. The lowest BCUT2D eigenvalue weighted by molar-refractivity contribution is -0.144. The minimum Gasteiger partial charge on any atom is -0.390 e. The van der Waals surface area contributed by atoms with E-state index in [2.05, 4.69) is 32.6 Å². The minimum absolute atomic E-state index is 0.352. The second-order valence-corrected chi connectivity index (χ2v) is 13.1. The SMILES string of the molecule is C[C@@H]1CCCC(=O)N1C[C@H]1CC[C@H]2[C@@H]3CC[C@]4(C)C[C@](C)(O)CC[C@@H]4[C@H]3CC[C@]12C. The second kappa shape index (κ2) is 7.22. The van der Waals surface area contributed by atoms with Gasteiger partial charge in [0, 0.05) is 19.0 Å². The van der Waals surface area contributed by atoms with E-state index in [0.29, 0.717) is 28.7 Å². The van der Waals surface area contributed by atoms with E-state index >= 15 is 0 Å². The average Bonchev–Trinajstić information content (AvgIpc) is 2.99. The van der Waals surface area contributed by atoms with Gasteiger partial charge in [-0.25, -0.2) is 0 Å². The summed E-state index contributed by atoms with van der Waals surface area (Å²) in [5, 5.41) is 10.8. The smallest absolute Gasteiger partial charge is 0.222 e. The minimum atomic E-state index is -0.447. The Morgan fingerprint density at radius 1 is 0.933 bits per heavy atom. The zero-order valence-corrected chi connectivity index (χ0v) is 20.0. The number of nitrogens with zero attached hydrogens (tertiary/aromatic N) is 1. The van der Waals surface area contributed by atoms with Gasteiger partial charge in [0.25, 0.3) is 0 Å². The standard InChI is InChI=1S/C27H45NO2/c1-18-6-5-7-24(29)28(18)16-19-8-9-23-21-10-13-25(2)17-26(3,30)14-12-22(25)20(21)11-15-27(19,23)4/h18-23,30H,5-17H2,1-4H3/t18-,19-,20+,21-,22-,23+,25-,26-,27-/m1/s1. The highest BCUT2D eigenvalue weighted by atomic mass is 16.3. The van der Waals surface area contributed by atoms with E-state index in [4.69, 9.17) is 0 Å². The quantitative estimate of drug-likeness (QED) is 0.619. The van der Waals surface area contributed by atoms with Crippen LogP contribution in [0.15, 0.2) is 0 Å². The van der Waals surface area contributed by atoms with Gasteiger partial charge in [-0.1, -0.05) is 13.8 Å². The molecule has 0 aromatic heterocycles. The monoisotopic (exact) mass is 415 g/mol. The molecule has 9 atom stereocenters. The predicted octanol–water partition coefficient (Wildman–Crippen LogP) is 5.80. The number of carbonyl (C=O) groups excluding carboxylic acids is 1. The van der Waals surface area contributed by atoms with E-state index < -0.39 is 5.60 Å². The van der Waals surface area contributed by atoms with Crippen LogP contribution in [0, 0.1) is 40.4 Å². The molecule has 5 aliphatic rings. The number of amides is 1. The van der Waals surface area contributed by atoms with Crippen molar-refractivity contribution in [3.8, 4) is 0 Å². The molecule has 4 aliphatic carbocycles. The van der Waals surface area contributed by atoms with Crippen LogP contribution in [-0.4, -0.2) is 34.1 Å². The predicted molar refractivity (Wildman–Crippen MR) is 121 cm³/mol. The van der Waals surface area contributed by atoms with Crippen molar-refractivity contribution in [3.05, 3.63) is 0 Å². The molecule has 1 saturated heterocycles. The van der Waals surface area contributed by atoms with Crippen LogP contribution >= 0.6 is 0 Å². The average molecular weight is 416 g/mol. The van der Waals surface area contributed by atoms with Crippen molar-refractivity contribution >= 4 is 5.91 Å². The molecule has 0 aromatic rings. The third kappa shape index (κ3) is 3.28. The highest BCUT2D eigenvalue weighted by Crippen LogP contribution is 2.67. The molecule has 0 bridgehead atoms. The normalized spacial score (nSPS) is 53.8. The van der Waals surface area contributed by atoms with Gasteiger partial charge in [-0.05, 0) is 125 Å². The van der Waals surface area contributed by atoms with Gasteiger partial charge < -0.3 is 10.0 Å². The Labute approximate surface area is 184 Å². The van der Waals surface area contributed by atoms with Gasteiger partial charge in [-0.2, -0.15) is 0 Å². The van der Waals surface area contributed by atoms with Crippen molar-refractivity contribution in [1.29, 1.82) is 0 Å². The van der Waals surface area contributed by atoms with E-state index in [9.17, 15) is 9.90 Å². The first-order chi connectivity index (χ1) is 14.1. The molecule has 0 aromatic carbocycles. The molecule has 3 heteroatoms. The summed E-state index contributed by atoms with van der Waals surface area (Å²) in [6.07, 6.45) is 14.4. The number of piperidine rings is 1. The van der Waals surface area contributed by atoms with Gasteiger partial charge in [0.2, 0.25) is 5.91 Å². The van der Waals surface area contributed by atoms with E-state index in [1.807, 2.05) is 0 Å². The molecule has 1 heterocycles. The van der Waals surface area contributed by atoms with Gasteiger partial charge in [0.1, 0.15) is 0 Å². The Morgan fingerprint density at radius 3 is 2.43 bits per heavy atom. The summed E-state index contributed by atoms with van der Waals surface area (Å²) < 4.78 is 0. The van der Waals surface area contributed by atoms with Crippen LogP contribution in [0.2, 0.25) is 0 Å². The van der Waals surface area contributed by atoms with Gasteiger partial charge in [0.05, 0.1) is 5.60 Å². The Balaban J connectivity index is 1.33. The molecule has 5 rings (SSSR count). The Bertz CT molecular complexity index is 688. The lowest BCUT2D eigenvalue weighted by Gasteiger charge is -2.61. The van der Waals surface area contributed by atoms with Crippen LogP contribution in [-0.2, 0) is 4.79 Å². The fourth-order valence-electron chi connectivity index (χ4n) is 9.66. The molecular formula is C27H45NO2. The van der Waals surface area contributed by atoms with Crippen LogP contribution in [0.4, 0.5) is 0 Å². The van der Waals surface area contributed by atoms with Crippen LogP contribution in [0.25, 0.3) is 0 Å². The maximum atomic E-state index is 12.6. The van der Waals surface area contributed by atoms with Gasteiger partial charge in [-0.15, -0.1) is 0 Å². The lowest BCUT2D eigenvalue weighted by atomic mass is 9.45. The zero-order valence-electron chi connectivity index (χ0n) is 20.0. The molecule has 30 heavy (non-hydrogen) atoms. The molecule has 1 amide bonds. The first-order valence-electron chi connectivity index (χ1n) is 13.1. The molecule has 0 spiro atoms.